The summed E-state index contributed by atoms with van der Waals surface area (Å²) >= 11 is 5.52. The summed E-state index contributed by atoms with van der Waals surface area (Å²) in [5.41, 5.74) is 0.413. The molecule has 10 nitrogen and oxygen atoms in total. The Balaban J connectivity index is 1.76. The van der Waals surface area contributed by atoms with Crippen molar-refractivity contribution in [3.05, 3.63) is 88.6 Å². The lowest BCUT2D eigenvalue weighted by molar-refractivity contribution is -0.385. The number of hydrogen-bond donors (Lipinski definition) is 0. The highest BCUT2D eigenvalue weighted by molar-refractivity contribution is 14.1. The zero-order valence-electron chi connectivity index (χ0n) is 20.9. The monoisotopic (exact) mass is 691 g/mol. The molecule has 0 unspecified atom stereocenters. The van der Waals surface area contributed by atoms with Crippen LogP contribution < -0.4 is 15.0 Å². The number of benzene rings is 2. The Kier molecular flexibility index (Phi) is 8.11. The Labute approximate surface area is 240 Å². The van der Waals surface area contributed by atoms with Gasteiger partial charge in [-0.1, -0.05) is 36.7 Å². The van der Waals surface area contributed by atoms with Crippen molar-refractivity contribution < 1.29 is 14.4 Å². The fourth-order valence-electron chi connectivity index (χ4n) is 3.54. The third kappa shape index (κ3) is 6.01. The van der Waals surface area contributed by atoms with E-state index in [-0.39, 0.29) is 17.1 Å². The van der Waals surface area contributed by atoms with Crippen LogP contribution in [0.3, 0.4) is 0 Å². The first-order valence-corrected chi connectivity index (χ1v) is 13.4. The van der Waals surface area contributed by atoms with Crippen LogP contribution in [-0.2, 0) is 5.41 Å². The zero-order valence-corrected chi connectivity index (χ0v) is 24.7. The fourth-order valence-corrected chi connectivity index (χ4v) is 4.63. The van der Waals surface area contributed by atoms with E-state index in [1.165, 1.54) is 16.8 Å². The van der Waals surface area contributed by atoms with E-state index >= 15 is 0 Å². The number of aromatic nitrogens is 3. The summed E-state index contributed by atoms with van der Waals surface area (Å²) < 4.78 is 14.5. The van der Waals surface area contributed by atoms with Crippen LogP contribution in [-0.4, -0.2) is 32.4 Å². The third-order valence-electron chi connectivity index (χ3n) is 5.27. The standard InChI is InChI=1S/C26H23BrIN5O5/c1-5-37-21-11-15(10-19(28)23(21)38-22-9-7-17(14-29-22)33(35)36)13-30-32-24(34)18-12-16(27)6-8-20(18)31-25(32)26(2,3)4/h6-14H,5H2,1-4H3. The number of rotatable bonds is 7. The molecule has 12 heteroatoms. The van der Waals surface area contributed by atoms with Crippen molar-refractivity contribution in [3.8, 4) is 17.4 Å². The molecule has 0 aliphatic heterocycles. The van der Waals surface area contributed by atoms with E-state index < -0.39 is 10.3 Å². The van der Waals surface area contributed by atoms with Gasteiger partial charge in [-0.3, -0.25) is 14.9 Å². The number of hydrogen-bond acceptors (Lipinski definition) is 8. The summed E-state index contributed by atoms with van der Waals surface area (Å²) in [6.45, 7) is 8.13. The average molecular weight is 692 g/mol. The molecule has 0 N–H and O–H groups in total. The molecule has 0 aliphatic rings. The predicted molar refractivity (Wildman–Crippen MR) is 157 cm³/mol. The van der Waals surface area contributed by atoms with Crippen molar-refractivity contribution in [2.45, 2.75) is 33.1 Å². The van der Waals surface area contributed by atoms with Crippen molar-refractivity contribution in [2.75, 3.05) is 6.61 Å². The largest absolute Gasteiger partial charge is 0.490 e. The zero-order chi connectivity index (χ0) is 27.6. The number of nitrogens with zero attached hydrogens (tertiary/aromatic N) is 5. The topological polar surface area (TPSA) is 122 Å². The van der Waals surface area contributed by atoms with Crippen LogP contribution >= 0.6 is 38.5 Å². The second-order valence-corrected chi connectivity index (χ2v) is 11.3. The first kappa shape index (κ1) is 27.6. The third-order valence-corrected chi connectivity index (χ3v) is 6.57. The van der Waals surface area contributed by atoms with Crippen LogP contribution in [0.1, 0.15) is 39.1 Å². The lowest BCUT2D eigenvalue weighted by atomic mass is 9.95. The van der Waals surface area contributed by atoms with Gasteiger partial charge in [0.25, 0.3) is 11.2 Å². The molecule has 2 aromatic heterocycles. The summed E-state index contributed by atoms with van der Waals surface area (Å²) in [6.07, 6.45) is 2.70. The Morgan fingerprint density at radius 3 is 2.61 bits per heavy atom. The van der Waals surface area contributed by atoms with Crippen molar-refractivity contribution >= 4 is 61.3 Å². The molecule has 0 spiro atoms. The van der Waals surface area contributed by atoms with Crippen molar-refractivity contribution in [3.63, 3.8) is 0 Å². The van der Waals surface area contributed by atoms with E-state index in [0.29, 0.717) is 44.0 Å². The normalized spacial score (nSPS) is 11.7. The SMILES string of the molecule is CCOc1cc(C=Nn2c(C(C)(C)C)nc3ccc(Br)cc3c2=O)cc(I)c1Oc1ccc([N+](=O)[O-])cn1. The lowest BCUT2D eigenvalue weighted by Gasteiger charge is -2.21. The minimum absolute atomic E-state index is 0.135. The highest BCUT2D eigenvalue weighted by atomic mass is 127. The maximum absolute atomic E-state index is 13.4. The van der Waals surface area contributed by atoms with Gasteiger partial charge in [-0.05, 0) is 65.4 Å². The van der Waals surface area contributed by atoms with Gasteiger partial charge in [-0.25, -0.2) is 9.97 Å². The molecule has 4 rings (SSSR count). The summed E-state index contributed by atoms with van der Waals surface area (Å²) in [6, 6.07) is 11.7. The number of fused-ring (bicyclic) bond motifs is 1. The Morgan fingerprint density at radius 1 is 1.21 bits per heavy atom. The van der Waals surface area contributed by atoms with E-state index in [1.807, 2.05) is 39.8 Å². The number of nitro groups is 1. The molecule has 2 heterocycles. The molecule has 0 saturated heterocycles. The molecule has 0 amide bonds. The molecule has 0 saturated carbocycles. The van der Waals surface area contributed by atoms with Gasteiger partial charge in [0.2, 0.25) is 5.88 Å². The van der Waals surface area contributed by atoms with Gasteiger partial charge >= 0.3 is 0 Å². The van der Waals surface area contributed by atoms with E-state index in [1.54, 1.807) is 24.4 Å². The quantitative estimate of drug-likeness (QED) is 0.0947. The second kappa shape index (κ2) is 11.2. The number of halogens is 2. The molecule has 38 heavy (non-hydrogen) atoms. The Hall–Kier alpha value is -3.39. The van der Waals surface area contributed by atoms with Crippen LogP contribution in [0.25, 0.3) is 10.9 Å². The molecule has 0 bridgehead atoms. The second-order valence-electron chi connectivity index (χ2n) is 9.19. The summed E-state index contributed by atoms with van der Waals surface area (Å²) in [7, 11) is 0. The molecule has 4 aromatic rings. The highest BCUT2D eigenvalue weighted by Gasteiger charge is 2.23. The number of pyridine rings is 1. The van der Waals surface area contributed by atoms with Crippen molar-refractivity contribution in [1.82, 2.24) is 14.6 Å². The molecule has 0 atom stereocenters. The molecular weight excluding hydrogens is 669 g/mol. The molecule has 2 aromatic carbocycles. The lowest BCUT2D eigenvalue weighted by Crippen LogP contribution is -2.29. The van der Waals surface area contributed by atoms with Crippen LogP contribution in [0.15, 0.2) is 63.0 Å². The molecule has 196 valence electrons. The fraction of sp³-hybridized carbons (Fsp3) is 0.231. The molecule has 0 aliphatic carbocycles. The van der Waals surface area contributed by atoms with Crippen LogP contribution in [0.5, 0.6) is 17.4 Å². The van der Waals surface area contributed by atoms with E-state index in [2.05, 4.69) is 48.6 Å². The van der Waals surface area contributed by atoms with E-state index in [4.69, 9.17) is 14.5 Å². The predicted octanol–water partition coefficient (Wildman–Crippen LogP) is 6.44. The highest BCUT2D eigenvalue weighted by Crippen LogP contribution is 2.37. The Bertz CT molecular complexity index is 1610. The van der Waals surface area contributed by atoms with Gasteiger partial charge in [0, 0.05) is 22.0 Å². The van der Waals surface area contributed by atoms with Gasteiger partial charge in [-0.2, -0.15) is 9.78 Å². The molecule has 0 fully saturated rings. The van der Waals surface area contributed by atoms with Gasteiger partial charge in [-0.15, -0.1) is 0 Å². The van der Waals surface area contributed by atoms with Crippen LogP contribution in [0.2, 0.25) is 0 Å². The Morgan fingerprint density at radius 2 is 1.97 bits per heavy atom. The summed E-state index contributed by atoms with van der Waals surface area (Å²) in [5, 5.41) is 15.9. The molecular formula is C26H23BrIN5O5. The maximum atomic E-state index is 13.4. The van der Waals surface area contributed by atoms with Crippen molar-refractivity contribution in [2.24, 2.45) is 5.10 Å². The smallest absolute Gasteiger partial charge is 0.287 e. The van der Waals surface area contributed by atoms with Gasteiger partial charge in [0.15, 0.2) is 11.5 Å². The van der Waals surface area contributed by atoms with Gasteiger partial charge < -0.3 is 9.47 Å². The summed E-state index contributed by atoms with van der Waals surface area (Å²) in [4.78, 5) is 32.5. The van der Waals surface area contributed by atoms with E-state index in [0.717, 1.165) is 10.7 Å². The van der Waals surface area contributed by atoms with Gasteiger partial charge in [0.1, 0.15) is 12.0 Å². The van der Waals surface area contributed by atoms with Crippen LogP contribution in [0, 0.1) is 13.7 Å². The van der Waals surface area contributed by atoms with Crippen LogP contribution in [0.4, 0.5) is 5.69 Å². The average Bonchev–Trinajstić information content (AvgIpc) is 2.85. The minimum atomic E-state index is -0.527. The first-order chi connectivity index (χ1) is 18.0. The van der Waals surface area contributed by atoms with Crippen molar-refractivity contribution in [1.29, 1.82) is 0 Å². The molecule has 0 radical (unpaired) electrons. The van der Waals surface area contributed by atoms with Gasteiger partial charge in [0.05, 0.1) is 32.2 Å². The minimum Gasteiger partial charge on any atom is -0.490 e. The number of ether oxygens (including phenoxy) is 2. The maximum Gasteiger partial charge on any atom is 0.287 e. The summed E-state index contributed by atoms with van der Waals surface area (Å²) in [5.74, 6) is 1.56. The first-order valence-electron chi connectivity index (χ1n) is 11.5. The van der Waals surface area contributed by atoms with E-state index in [9.17, 15) is 14.9 Å².